The third-order valence-corrected chi connectivity index (χ3v) is 2.98. The summed E-state index contributed by atoms with van der Waals surface area (Å²) in [6, 6.07) is 5.11. The molecular formula is C11H9BrN4O. The van der Waals surface area contributed by atoms with Crippen LogP contribution in [0.3, 0.4) is 0 Å². The van der Waals surface area contributed by atoms with Crippen LogP contribution in [-0.4, -0.2) is 15.9 Å². The van der Waals surface area contributed by atoms with Gasteiger partial charge in [0.15, 0.2) is 0 Å². The highest BCUT2D eigenvalue weighted by molar-refractivity contribution is 9.10. The number of nitrogens with one attached hydrogen (secondary N) is 1. The van der Waals surface area contributed by atoms with Crippen LogP contribution in [0, 0.1) is 0 Å². The fraction of sp³-hybridized carbons (Fsp3) is 0. The molecule has 0 aliphatic carbocycles. The lowest BCUT2D eigenvalue weighted by Gasteiger charge is -2.07. The van der Waals surface area contributed by atoms with Gasteiger partial charge in [0, 0.05) is 5.69 Å². The second-order valence-electron chi connectivity index (χ2n) is 3.29. The van der Waals surface area contributed by atoms with E-state index in [4.69, 9.17) is 5.73 Å². The predicted octanol–water partition coefficient (Wildman–Crippen LogP) is 2.07. The first-order valence-electron chi connectivity index (χ1n) is 4.79. The van der Waals surface area contributed by atoms with Crippen LogP contribution in [0.1, 0.15) is 10.4 Å². The topological polar surface area (TPSA) is 80.9 Å². The predicted molar refractivity (Wildman–Crippen MR) is 68.5 cm³/mol. The van der Waals surface area contributed by atoms with Crippen molar-refractivity contribution in [3.8, 4) is 0 Å². The van der Waals surface area contributed by atoms with Gasteiger partial charge in [-0.05, 0) is 28.1 Å². The molecule has 1 amide bonds. The van der Waals surface area contributed by atoms with Crippen LogP contribution in [0.2, 0.25) is 0 Å². The van der Waals surface area contributed by atoms with E-state index in [9.17, 15) is 4.79 Å². The molecular weight excluding hydrogens is 284 g/mol. The Hall–Kier alpha value is -1.95. The Bertz CT molecular complexity index is 544. The Labute approximate surface area is 106 Å². The number of anilines is 2. The fourth-order valence-electron chi connectivity index (χ4n) is 1.29. The highest BCUT2D eigenvalue weighted by atomic mass is 79.9. The van der Waals surface area contributed by atoms with E-state index in [1.807, 2.05) is 0 Å². The van der Waals surface area contributed by atoms with Crippen molar-refractivity contribution in [3.63, 3.8) is 0 Å². The van der Waals surface area contributed by atoms with Crippen molar-refractivity contribution in [2.75, 3.05) is 11.1 Å². The van der Waals surface area contributed by atoms with Crippen LogP contribution in [0.25, 0.3) is 0 Å². The average molecular weight is 293 g/mol. The largest absolute Gasteiger partial charge is 0.398 e. The molecule has 0 aliphatic rings. The first-order valence-corrected chi connectivity index (χ1v) is 5.58. The van der Waals surface area contributed by atoms with E-state index < -0.39 is 0 Å². The molecule has 86 valence electrons. The monoisotopic (exact) mass is 292 g/mol. The van der Waals surface area contributed by atoms with E-state index in [2.05, 4.69) is 31.2 Å². The highest BCUT2D eigenvalue weighted by Crippen LogP contribution is 2.24. The maximum absolute atomic E-state index is 11.9. The quantitative estimate of drug-likeness (QED) is 0.831. The van der Waals surface area contributed by atoms with Gasteiger partial charge in [-0.15, -0.1) is 0 Å². The maximum atomic E-state index is 11.9. The number of benzene rings is 1. The normalized spacial score (nSPS) is 9.94. The molecule has 0 saturated carbocycles. The number of carbonyl (C=O) groups is 1. The van der Waals surface area contributed by atoms with Crippen molar-refractivity contribution in [2.24, 2.45) is 0 Å². The van der Waals surface area contributed by atoms with Crippen molar-refractivity contribution in [2.45, 2.75) is 0 Å². The van der Waals surface area contributed by atoms with Gasteiger partial charge in [0.25, 0.3) is 5.91 Å². The van der Waals surface area contributed by atoms with Gasteiger partial charge in [0.1, 0.15) is 6.33 Å². The summed E-state index contributed by atoms with van der Waals surface area (Å²) in [7, 11) is 0. The number of halogens is 1. The first kappa shape index (κ1) is 11.5. The summed E-state index contributed by atoms with van der Waals surface area (Å²) in [5.74, 6) is -0.265. The lowest BCUT2D eigenvalue weighted by atomic mass is 10.2. The average Bonchev–Trinajstić information content (AvgIpc) is 2.34. The molecule has 0 bridgehead atoms. The second-order valence-corrected chi connectivity index (χ2v) is 4.08. The zero-order valence-corrected chi connectivity index (χ0v) is 10.3. The standard InChI is InChI=1S/C11H9BrN4O/c12-10-8(2-1-3-9(10)13)11(17)16-7-4-14-6-15-5-7/h1-6H,13H2,(H,16,17). The van der Waals surface area contributed by atoms with Gasteiger partial charge in [-0.3, -0.25) is 4.79 Å². The Kier molecular flexibility index (Phi) is 3.34. The fourth-order valence-corrected chi connectivity index (χ4v) is 1.73. The molecule has 17 heavy (non-hydrogen) atoms. The second kappa shape index (κ2) is 4.92. The number of aromatic nitrogens is 2. The van der Waals surface area contributed by atoms with E-state index >= 15 is 0 Å². The zero-order chi connectivity index (χ0) is 12.3. The molecule has 0 atom stereocenters. The molecule has 1 aromatic carbocycles. The summed E-state index contributed by atoms with van der Waals surface area (Å²) in [4.78, 5) is 19.6. The molecule has 2 aromatic rings. The number of nitrogens with two attached hydrogens (primary N) is 1. The lowest BCUT2D eigenvalue weighted by Crippen LogP contribution is -2.13. The summed E-state index contributed by atoms with van der Waals surface area (Å²) in [5, 5.41) is 2.68. The molecule has 2 rings (SSSR count). The first-order chi connectivity index (χ1) is 8.18. The third kappa shape index (κ3) is 2.59. The lowest BCUT2D eigenvalue weighted by molar-refractivity contribution is 0.102. The van der Waals surface area contributed by atoms with E-state index in [1.165, 1.54) is 18.7 Å². The Morgan fingerprint density at radius 3 is 2.71 bits per heavy atom. The van der Waals surface area contributed by atoms with E-state index in [0.717, 1.165) is 0 Å². The van der Waals surface area contributed by atoms with E-state index in [-0.39, 0.29) is 5.91 Å². The smallest absolute Gasteiger partial charge is 0.256 e. The van der Waals surface area contributed by atoms with Crippen LogP contribution in [-0.2, 0) is 0 Å². The molecule has 0 saturated heterocycles. The summed E-state index contributed by atoms with van der Waals surface area (Å²) < 4.78 is 0.578. The summed E-state index contributed by atoms with van der Waals surface area (Å²) in [6.07, 6.45) is 4.43. The molecule has 0 unspecified atom stereocenters. The number of amides is 1. The number of carbonyl (C=O) groups excluding carboxylic acids is 1. The van der Waals surface area contributed by atoms with E-state index in [0.29, 0.717) is 21.4 Å². The van der Waals surface area contributed by atoms with Crippen LogP contribution < -0.4 is 11.1 Å². The summed E-state index contributed by atoms with van der Waals surface area (Å²) in [5.41, 5.74) is 7.22. The highest BCUT2D eigenvalue weighted by Gasteiger charge is 2.11. The summed E-state index contributed by atoms with van der Waals surface area (Å²) >= 11 is 3.28. The molecule has 1 heterocycles. The number of rotatable bonds is 2. The Morgan fingerprint density at radius 2 is 2.00 bits per heavy atom. The molecule has 0 fully saturated rings. The Balaban J connectivity index is 2.24. The van der Waals surface area contributed by atoms with Crippen molar-refractivity contribution >= 4 is 33.2 Å². The third-order valence-electron chi connectivity index (χ3n) is 2.09. The molecule has 3 N–H and O–H groups in total. The van der Waals surface area contributed by atoms with Crippen molar-refractivity contribution < 1.29 is 4.79 Å². The maximum Gasteiger partial charge on any atom is 0.256 e. The minimum absolute atomic E-state index is 0.265. The van der Waals surface area contributed by atoms with Gasteiger partial charge in [0.05, 0.1) is 28.1 Å². The van der Waals surface area contributed by atoms with E-state index in [1.54, 1.807) is 18.2 Å². The Morgan fingerprint density at radius 1 is 1.29 bits per heavy atom. The van der Waals surface area contributed by atoms with Gasteiger partial charge in [0.2, 0.25) is 0 Å². The minimum Gasteiger partial charge on any atom is -0.398 e. The molecule has 0 spiro atoms. The van der Waals surface area contributed by atoms with Crippen LogP contribution >= 0.6 is 15.9 Å². The molecule has 0 radical (unpaired) electrons. The summed E-state index contributed by atoms with van der Waals surface area (Å²) in [6.45, 7) is 0. The van der Waals surface area contributed by atoms with Gasteiger partial charge in [-0.2, -0.15) is 0 Å². The number of hydrogen-bond donors (Lipinski definition) is 2. The number of hydrogen-bond acceptors (Lipinski definition) is 4. The molecule has 0 aliphatic heterocycles. The van der Waals surface area contributed by atoms with Crippen molar-refractivity contribution in [1.29, 1.82) is 0 Å². The van der Waals surface area contributed by atoms with Crippen LogP contribution in [0.5, 0.6) is 0 Å². The van der Waals surface area contributed by atoms with Gasteiger partial charge < -0.3 is 11.1 Å². The molecule has 6 heteroatoms. The molecule has 5 nitrogen and oxygen atoms in total. The van der Waals surface area contributed by atoms with Crippen molar-refractivity contribution in [3.05, 3.63) is 47.0 Å². The van der Waals surface area contributed by atoms with Crippen molar-refractivity contribution in [1.82, 2.24) is 9.97 Å². The SMILES string of the molecule is Nc1cccc(C(=O)Nc2cncnc2)c1Br. The van der Waals surface area contributed by atoms with Crippen LogP contribution in [0.15, 0.2) is 41.4 Å². The van der Waals surface area contributed by atoms with Gasteiger partial charge in [-0.25, -0.2) is 9.97 Å². The van der Waals surface area contributed by atoms with Crippen LogP contribution in [0.4, 0.5) is 11.4 Å². The van der Waals surface area contributed by atoms with Gasteiger partial charge >= 0.3 is 0 Å². The zero-order valence-electron chi connectivity index (χ0n) is 8.72. The number of nitrogen functional groups attached to an aromatic ring is 1. The molecule has 1 aromatic heterocycles. The van der Waals surface area contributed by atoms with Gasteiger partial charge in [-0.1, -0.05) is 6.07 Å². The number of nitrogens with zero attached hydrogens (tertiary/aromatic N) is 2. The minimum atomic E-state index is -0.265.